The highest BCUT2D eigenvalue weighted by atomic mass is 16.6. The van der Waals surface area contributed by atoms with Gasteiger partial charge < -0.3 is 14.9 Å². The van der Waals surface area contributed by atoms with Crippen molar-refractivity contribution < 1.29 is 19.7 Å². The quantitative estimate of drug-likeness (QED) is 0.303. The first kappa shape index (κ1) is 26.8. The second-order valence-electron chi connectivity index (χ2n) is 13.6. The van der Waals surface area contributed by atoms with Crippen molar-refractivity contribution in [1.29, 1.82) is 0 Å². The summed E-state index contributed by atoms with van der Waals surface area (Å²) in [6.07, 6.45) is 10.9. The number of fused-ring (bicyclic) bond motifs is 5. The van der Waals surface area contributed by atoms with E-state index < -0.39 is 5.79 Å². The SMILES string of the molecule is CC(=O)C1(Cc2ccccc2)CCC2C3CC=C4CC(O)(OCc5ccc(O)cc5)CCC4(C)C3CCC21C. The summed E-state index contributed by atoms with van der Waals surface area (Å²) in [6, 6.07) is 17.6. The average molecular weight is 529 g/mol. The first-order valence-corrected chi connectivity index (χ1v) is 15.0. The molecular formula is C35H44O4. The van der Waals surface area contributed by atoms with Crippen molar-refractivity contribution in [3.63, 3.8) is 0 Å². The molecule has 0 amide bonds. The third-order valence-corrected chi connectivity index (χ3v) is 12.0. The van der Waals surface area contributed by atoms with Gasteiger partial charge in [-0.1, -0.05) is 68.0 Å². The zero-order chi connectivity index (χ0) is 27.5. The van der Waals surface area contributed by atoms with Gasteiger partial charge in [-0.15, -0.1) is 0 Å². The van der Waals surface area contributed by atoms with Crippen LogP contribution >= 0.6 is 0 Å². The fourth-order valence-corrected chi connectivity index (χ4v) is 9.62. The first-order chi connectivity index (χ1) is 18.6. The summed E-state index contributed by atoms with van der Waals surface area (Å²) >= 11 is 0. The smallest absolute Gasteiger partial charge is 0.169 e. The fourth-order valence-electron chi connectivity index (χ4n) is 9.62. The number of aromatic hydroxyl groups is 1. The number of aliphatic hydroxyl groups is 1. The van der Waals surface area contributed by atoms with E-state index in [1.807, 2.05) is 19.1 Å². The standard InChI is InChI=1S/C35H44O4/c1-24(36)34(21-25-7-5-4-6-8-25)18-16-31-29-14-11-27-22-35(38,39-23-26-9-12-28(37)13-10-26)20-19-32(27,2)30(29)15-17-33(31,34)3/h4-13,29-31,37-38H,14-23H2,1-3H3. The molecule has 3 fully saturated rings. The van der Waals surface area contributed by atoms with Crippen LogP contribution in [0.25, 0.3) is 0 Å². The molecule has 6 rings (SSSR count). The Morgan fingerprint density at radius 2 is 1.64 bits per heavy atom. The van der Waals surface area contributed by atoms with Crippen LogP contribution in [-0.2, 0) is 22.6 Å². The second-order valence-corrected chi connectivity index (χ2v) is 13.6. The summed E-state index contributed by atoms with van der Waals surface area (Å²) in [4.78, 5) is 13.5. The molecular weight excluding hydrogens is 484 g/mol. The van der Waals surface area contributed by atoms with Gasteiger partial charge in [0.2, 0.25) is 0 Å². The van der Waals surface area contributed by atoms with E-state index in [0.717, 1.165) is 50.5 Å². The minimum Gasteiger partial charge on any atom is -0.508 e. The number of carbonyl (C=O) groups excluding carboxylic acids is 1. The van der Waals surface area contributed by atoms with Gasteiger partial charge in [-0.2, -0.15) is 0 Å². The molecule has 3 saturated carbocycles. The minimum atomic E-state index is -1.15. The molecule has 0 spiro atoms. The van der Waals surface area contributed by atoms with Gasteiger partial charge in [0.15, 0.2) is 5.79 Å². The predicted molar refractivity (Wildman–Crippen MR) is 153 cm³/mol. The van der Waals surface area contributed by atoms with Gasteiger partial charge in [-0.3, -0.25) is 4.79 Å². The van der Waals surface area contributed by atoms with Crippen LogP contribution in [0, 0.1) is 34.0 Å². The number of Topliss-reactive ketones (excluding diaryl/α,β-unsaturated/α-hetero) is 1. The maximum Gasteiger partial charge on any atom is 0.169 e. The number of phenolic OH excluding ortho intramolecular Hbond substituents is 1. The molecule has 2 aromatic rings. The van der Waals surface area contributed by atoms with Crippen LogP contribution in [0.4, 0.5) is 0 Å². The lowest BCUT2D eigenvalue weighted by Gasteiger charge is -2.60. The molecule has 4 aliphatic carbocycles. The highest BCUT2D eigenvalue weighted by Crippen LogP contribution is 2.70. The fraction of sp³-hybridized carbons (Fsp3) is 0.571. The van der Waals surface area contributed by atoms with E-state index in [9.17, 15) is 15.0 Å². The number of allylic oxidation sites excluding steroid dienone is 1. The van der Waals surface area contributed by atoms with Gasteiger partial charge in [0.1, 0.15) is 11.5 Å². The minimum absolute atomic E-state index is 0.0280. The van der Waals surface area contributed by atoms with Gasteiger partial charge in [0, 0.05) is 18.3 Å². The van der Waals surface area contributed by atoms with Crippen LogP contribution in [-0.4, -0.2) is 21.8 Å². The third-order valence-electron chi connectivity index (χ3n) is 12.0. The third kappa shape index (κ3) is 4.30. The number of carbonyl (C=O) groups is 1. The summed E-state index contributed by atoms with van der Waals surface area (Å²) < 4.78 is 6.12. The molecule has 4 aliphatic rings. The number of hydrogen-bond acceptors (Lipinski definition) is 4. The van der Waals surface area contributed by atoms with Crippen LogP contribution in [0.1, 0.15) is 83.3 Å². The molecule has 7 unspecified atom stereocenters. The van der Waals surface area contributed by atoms with E-state index in [1.54, 1.807) is 12.1 Å². The van der Waals surface area contributed by atoms with Crippen molar-refractivity contribution in [2.45, 2.75) is 91.0 Å². The number of ketones is 1. The van der Waals surface area contributed by atoms with Crippen LogP contribution in [0.2, 0.25) is 0 Å². The molecule has 2 aromatic carbocycles. The summed E-state index contributed by atoms with van der Waals surface area (Å²) in [6.45, 7) is 7.07. The Morgan fingerprint density at radius 3 is 2.36 bits per heavy atom. The Balaban J connectivity index is 1.22. The van der Waals surface area contributed by atoms with Crippen molar-refractivity contribution >= 4 is 5.78 Å². The highest BCUT2D eigenvalue weighted by Gasteiger charge is 2.65. The summed E-state index contributed by atoms with van der Waals surface area (Å²) in [7, 11) is 0. The van der Waals surface area contributed by atoms with Gasteiger partial charge in [0.05, 0.1) is 6.61 Å². The molecule has 0 aliphatic heterocycles. The normalized spacial score (nSPS) is 39.3. The van der Waals surface area contributed by atoms with Crippen molar-refractivity contribution in [2.75, 3.05) is 0 Å². The first-order valence-electron chi connectivity index (χ1n) is 15.0. The monoisotopic (exact) mass is 528 g/mol. The number of phenols is 1. The van der Waals surface area contributed by atoms with Crippen molar-refractivity contribution in [3.8, 4) is 5.75 Å². The van der Waals surface area contributed by atoms with Gasteiger partial charge in [0.25, 0.3) is 0 Å². The summed E-state index contributed by atoms with van der Waals surface area (Å²) in [5.41, 5.74) is 3.44. The molecule has 4 heteroatoms. The van der Waals surface area contributed by atoms with Crippen LogP contribution in [0.3, 0.4) is 0 Å². The number of ether oxygens (including phenoxy) is 1. The molecule has 0 saturated heterocycles. The topological polar surface area (TPSA) is 66.8 Å². The Kier molecular flexibility index (Phi) is 6.59. The molecule has 0 bridgehead atoms. The number of hydrogen-bond donors (Lipinski definition) is 2. The largest absolute Gasteiger partial charge is 0.508 e. The zero-order valence-corrected chi connectivity index (χ0v) is 23.8. The van der Waals surface area contributed by atoms with Crippen molar-refractivity contribution in [1.82, 2.24) is 0 Å². The lowest BCUT2D eigenvalue weighted by atomic mass is 9.44. The van der Waals surface area contributed by atoms with E-state index >= 15 is 0 Å². The molecule has 7 atom stereocenters. The highest BCUT2D eigenvalue weighted by molar-refractivity contribution is 5.84. The summed E-state index contributed by atoms with van der Waals surface area (Å²) in [5, 5.41) is 21.0. The van der Waals surface area contributed by atoms with Gasteiger partial charge >= 0.3 is 0 Å². The lowest BCUT2D eigenvalue weighted by molar-refractivity contribution is -0.231. The van der Waals surface area contributed by atoms with Crippen molar-refractivity contribution in [2.24, 2.45) is 34.0 Å². The average Bonchev–Trinajstić information content (AvgIpc) is 3.23. The van der Waals surface area contributed by atoms with E-state index in [1.165, 1.54) is 11.1 Å². The Hall–Kier alpha value is -2.43. The Bertz CT molecular complexity index is 1250. The van der Waals surface area contributed by atoms with Crippen LogP contribution in [0.15, 0.2) is 66.2 Å². The maximum absolute atomic E-state index is 13.5. The molecule has 0 aromatic heterocycles. The lowest BCUT2D eigenvalue weighted by Crippen LogP contribution is -2.55. The van der Waals surface area contributed by atoms with Crippen LogP contribution < -0.4 is 0 Å². The molecule has 4 nitrogen and oxygen atoms in total. The molecule has 0 heterocycles. The van der Waals surface area contributed by atoms with Crippen molar-refractivity contribution in [3.05, 3.63) is 77.4 Å². The van der Waals surface area contributed by atoms with E-state index in [4.69, 9.17) is 4.74 Å². The van der Waals surface area contributed by atoms with Gasteiger partial charge in [-0.05, 0) is 104 Å². The Labute approximate surface area is 233 Å². The Morgan fingerprint density at radius 1 is 0.923 bits per heavy atom. The number of rotatable bonds is 6. The van der Waals surface area contributed by atoms with E-state index in [-0.39, 0.29) is 22.0 Å². The molecule has 0 radical (unpaired) electrons. The number of benzene rings is 2. The maximum atomic E-state index is 13.5. The molecule has 39 heavy (non-hydrogen) atoms. The second kappa shape index (κ2) is 9.59. The van der Waals surface area contributed by atoms with E-state index in [2.05, 4.69) is 50.3 Å². The van der Waals surface area contributed by atoms with E-state index in [0.29, 0.717) is 43.0 Å². The zero-order valence-electron chi connectivity index (χ0n) is 23.8. The predicted octanol–water partition coefficient (Wildman–Crippen LogP) is 7.38. The molecule has 2 N–H and O–H groups in total. The van der Waals surface area contributed by atoms with Crippen LogP contribution in [0.5, 0.6) is 5.75 Å². The molecule has 208 valence electrons. The van der Waals surface area contributed by atoms with Gasteiger partial charge in [-0.25, -0.2) is 0 Å². The summed E-state index contributed by atoms with van der Waals surface area (Å²) in [5.74, 6) is 1.22.